The Labute approximate surface area is 573 Å². The Balaban J connectivity index is 1.01. The molecule has 0 aliphatic carbocycles. The lowest BCUT2D eigenvalue weighted by molar-refractivity contribution is 0.591. The Bertz CT molecular complexity index is 5530. The lowest BCUT2D eigenvalue weighted by Gasteiger charge is -2.46. The summed E-state index contributed by atoms with van der Waals surface area (Å²) in [6.45, 7) is 6.81. The second kappa shape index (κ2) is 23.9. The number of nitrogens with zero attached hydrogens (tertiary/aromatic N) is 2. The molecule has 0 spiro atoms. The van der Waals surface area contributed by atoms with Crippen LogP contribution >= 0.6 is 0 Å². The van der Waals surface area contributed by atoms with Crippen LogP contribution in [0.5, 0.6) is 0 Å². The predicted molar refractivity (Wildman–Crippen MR) is 415 cm³/mol. The van der Waals surface area contributed by atoms with Crippen LogP contribution in [0.4, 0.5) is 34.1 Å². The van der Waals surface area contributed by atoms with Crippen LogP contribution in [-0.2, 0) is 5.41 Å². The molecule has 0 amide bonds. The van der Waals surface area contributed by atoms with Gasteiger partial charge in [0.2, 0.25) is 0 Å². The largest absolute Gasteiger partial charge is 0.456 e. The van der Waals surface area contributed by atoms with E-state index in [-0.39, 0.29) is 12.1 Å². The lowest BCUT2D eigenvalue weighted by atomic mass is 9.33. The van der Waals surface area contributed by atoms with Crippen LogP contribution in [0.2, 0.25) is 0 Å². The van der Waals surface area contributed by atoms with Crippen molar-refractivity contribution in [2.45, 2.75) is 26.2 Å². The van der Waals surface area contributed by atoms with Gasteiger partial charge in [0.1, 0.15) is 11.2 Å². The summed E-state index contributed by atoms with van der Waals surface area (Å²) in [5.41, 5.74) is 33.7. The number of rotatable bonds is 11. The fraction of sp³-hybridized carbons (Fsp3) is 0.0426. The van der Waals surface area contributed by atoms with Gasteiger partial charge in [0.05, 0.1) is 11.4 Å². The Morgan fingerprint density at radius 3 is 1.03 bits per heavy atom. The molecule has 15 aromatic carbocycles. The fourth-order valence-corrected chi connectivity index (χ4v) is 15.4. The van der Waals surface area contributed by atoms with E-state index in [1.54, 1.807) is 0 Å². The summed E-state index contributed by atoms with van der Waals surface area (Å²) >= 11 is 0. The average Bonchev–Trinajstić information content (AvgIpc) is 0.782. The molecule has 2 aliphatic heterocycles. The molecule has 1 aromatic heterocycles. The first-order chi connectivity index (χ1) is 48.2. The van der Waals surface area contributed by atoms with Gasteiger partial charge in [-0.3, -0.25) is 0 Å². The van der Waals surface area contributed by atoms with Gasteiger partial charge in [0, 0.05) is 55.8 Å². The highest BCUT2D eigenvalue weighted by Crippen LogP contribution is 2.55. The van der Waals surface area contributed by atoms with Crippen LogP contribution < -0.4 is 26.2 Å². The molecule has 98 heavy (non-hydrogen) atoms. The van der Waals surface area contributed by atoms with Gasteiger partial charge in [-0.05, 0) is 160 Å². The molecule has 4 heteroatoms. The predicted octanol–water partition coefficient (Wildman–Crippen LogP) is 24.0. The van der Waals surface area contributed by atoms with Crippen molar-refractivity contribution < 1.29 is 4.42 Å². The van der Waals surface area contributed by atoms with Crippen molar-refractivity contribution in [3.8, 4) is 100 Å². The van der Waals surface area contributed by atoms with Crippen molar-refractivity contribution in [3.63, 3.8) is 0 Å². The van der Waals surface area contributed by atoms with Crippen LogP contribution in [0, 0.1) is 0 Å². The third kappa shape index (κ3) is 10.1. The van der Waals surface area contributed by atoms with Gasteiger partial charge >= 0.3 is 0 Å². The Morgan fingerprint density at radius 2 is 0.582 bits per heavy atom. The van der Waals surface area contributed by atoms with E-state index in [4.69, 9.17) is 4.42 Å². The molecule has 18 rings (SSSR count). The Kier molecular flexibility index (Phi) is 14.2. The number of para-hydroxylation sites is 2. The second-order valence-electron chi connectivity index (χ2n) is 27.1. The van der Waals surface area contributed by atoms with E-state index < -0.39 is 0 Å². The maximum atomic E-state index is 6.62. The first-order valence-electron chi connectivity index (χ1n) is 34.1. The first-order valence-corrected chi connectivity index (χ1v) is 34.1. The third-order valence-electron chi connectivity index (χ3n) is 20.2. The van der Waals surface area contributed by atoms with Crippen molar-refractivity contribution in [3.05, 3.63) is 357 Å². The van der Waals surface area contributed by atoms with E-state index in [2.05, 4.69) is 382 Å². The van der Waals surface area contributed by atoms with E-state index >= 15 is 0 Å². The monoisotopic (exact) mass is 1250 g/mol. The summed E-state index contributed by atoms with van der Waals surface area (Å²) in [4.78, 5) is 5.34. The molecular formula is C94H67BN2O. The van der Waals surface area contributed by atoms with E-state index in [1.165, 1.54) is 55.3 Å². The number of fused-ring (bicyclic) bond motifs is 7. The van der Waals surface area contributed by atoms with Gasteiger partial charge in [-0.1, -0.05) is 318 Å². The zero-order valence-corrected chi connectivity index (χ0v) is 54.9. The van der Waals surface area contributed by atoms with Crippen molar-refractivity contribution >= 4 is 79.2 Å². The molecule has 0 fully saturated rings. The van der Waals surface area contributed by atoms with Gasteiger partial charge < -0.3 is 14.2 Å². The standard InChI is InChI=1S/C94H67BN2O/c1-94(2,3)76-60-80(70-45-41-66(42-46-70)62-25-10-4-11-26-62)93(81(61-76)71-47-43-67(44-48-71)63-27-12-5-13-28-63)97-86-53-50-74(65-31-16-7-17-32-65)57-84(86)95-83-56-73(64-29-14-6-15-30-64)49-52-85(83)96(92-77(68-33-18-8-19-34-68)38-24-39-78(92)69-35-20-9-21-36-69)87-58-75(59-88(97)91(87)95)72-51-54-90-82(55-72)79-37-22-23-40-89(79)98-90/h4-61H,1-3H3. The van der Waals surface area contributed by atoms with Crippen molar-refractivity contribution in [1.29, 1.82) is 0 Å². The summed E-state index contributed by atoms with van der Waals surface area (Å²) in [6, 6.07) is 131. The third-order valence-corrected chi connectivity index (χ3v) is 20.2. The van der Waals surface area contributed by atoms with Gasteiger partial charge in [-0.2, -0.15) is 0 Å². The molecule has 2 aliphatic rings. The molecule has 0 bridgehead atoms. The average molecular weight is 1250 g/mol. The molecule has 0 N–H and O–H groups in total. The molecule has 16 aromatic rings. The molecule has 3 heterocycles. The summed E-state index contributed by atoms with van der Waals surface area (Å²) in [7, 11) is 0. The van der Waals surface area contributed by atoms with Gasteiger partial charge in [-0.25, -0.2) is 0 Å². The molecular weight excluding hydrogens is 1180 g/mol. The normalized spacial score (nSPS) is 12.4. The number of hydrogen-bond acceptors (Lipinski definition) is 3. The molecule has 0 atom stereocenters. The number of hydrogen-bond donors (Lipinski definition) is 0. The quantitative estimate of drug-likeness (QED) is 0.120. The zero-order chi connectivity index (χ0) is 65.4. The smallest absolute Gasteiger partial charge is 0.252 e. The van der Waals surface area contributed by atoms with Gasteiger partial charge in [0.15, 0.2) is 0 Å². The molecule has 462 valence electrons. The second-order valence-corrected chi connectivity index (χ2v) is 27.1. The van der Waals surface area contributed by atoms with Crippen LogP contribution in [-0.4, -0.2) is 6.71 Å². The number of anilines is 6. The van der Waals surface area contributed by atoms with Crippen LogP contribution in [0.3, 0.4) is 0 Å². The van der Waals surface area contributed by atoms with E-state index in [0.29, 0.717) is 0 Å². The molecule has 0 radical (unpaired) electrons. The van der Waals surface area contributed by atoms with E-state index in [0.717, 1.165) is 123 Å². The van der Waals surface area contributed by atoms with Crippen LogP contribution in [0.15, 0.2) is 356 Å². The maximum Gasteiger partial charge on any atom is 0.252 e. The highest BCUT2D eigenvalue weighted by Gasteiger charge is 2.46. The summed E-state index contributed by atoms with van der Waals surface area (Å²) in [6.07, 6.45) is 0. The Morgan fingerprint density at radius 1 is 0.245 bits per heavy atom. The number of furan rings is 1. The maximum absolute atomic E-state index is 6.62. The van der Waals surface area contributed by atoms with Crippen molar-refractivity contribution in [2.24, 2.45) is 0 Å². The summed E-state index contributed by atoms with van der Waals surface area (Å²) < 4.78 is 6.62. The SMILES string of the molecule is CC(C)(C)c1cc(-c2ccc(-c3ccccc3)cc2)c(N2c3ccc(-c4ccccc4)cc3B3c4cc(-c5ccccc5)ccc4N(c4c(-c5ccccc5)cccc4-c4ccccc4)c4cc(-c5ccc6oc7ccccc7c6c5)cc2c43)c(-c2ccc(-c3ccccc3)cc2)c1. The zero-order valence-electron chi connectivity index (χ0n) is 54.9. The number of benzene rings is 15. The van der Waals surface area contributed by atoms with Crippen LogP contribution in [0.1, 0.15) is 26.3 Å². The van der Waals surface area contributed by atoms with E-state index in [9.17, 15) is 0 Å². The summed E-state index contributed by atoms with van der Waals surface area (Å²) in [5.74, 6) is 0. The highest BCUT2D eigenvalue weighted by molar-refractivity contribution is 7.00. The van der Waals surface area contributed by atoms with Crippen LogP contribution in [0.25, 0.3) is 122 Å². The van der Waals surface area contributed by atoms with Crippen molar-refractivity contribution in [1.82, 2.24) is 0 Å². The minimum absolute atomic E-state index is 0.232. The Hall–Kier alpha value is -12.2. The topological polar surface area (TPSA) is 19.6 Å². The molecule has 0 unspecified atom stereocenters. The van der Waals surface area contributed by atoms with Crippen molar-refractivity contribution in [2.75, 3.05) is 9.80 Å². The highest BCUT2D eigenvalue weighted by atomic mass is 16.3. The minimum atomic E-state index is -0.251. The first kappa shape index (κ1) is 58.4. The molecule has 0 saturated carbocycles. The lowest BCUT2D eigenvalue weighted by Crippen LogP contribution is -2.61. The fourth-order valence-electron chi connectivity index (χ4n) is 15.4. The van der Waals surface area contributed by atoms with E-state index in [1.807, 2.05) is 0 Å². The van der Waals surface area contributed by atoms with Gasteiger partial charge in [-0.15, -0.1) is 0 Å². The molecule has 3 nitrogen and oxygen atoms in total. The minimum Gasteiger partial charge on any atom is -0.456 e. The summed E-state index contributed by atoms with van der Waals surface area (Å²) in [5, 5.41) is 2.17. The molecule has 0 saturated heterocycles. The van der Waals surface area contributed by atoms with Gasteiger partial charge in [0.25, 0.3) is 6.71 Å².